The summed E-state index contributed by atoms with van der Waals surface area (Å²) in [6.45, 7) is 0.698. The van der Waals surface area contributed by atoms with Gasteiger partial charge >= 0.3 is 0 Å². The highest BCUT2D eigenvalue weighted by Crippen LogP contribution is 2.47. The van der Waals surface area contributed by atoms with Gasteiger partial charge in [0.1, 0.15) is 23.1 Å². The second kappa shape index (κ2) is 8.10. The molecule has 0 bridgehead atoms. The summed E-state index contributed by atoms with van der Waals surface area (Å²) in [6.07, 6.45) is 0. The molecular formula is C25H24FNO2. The first-order valence-electron chi connectivity index (χ1n) is 9.62. The fourth-order valence-electron chi connectivity index (χ4n) is 3.91. The molecule has 1 atom stereocenters. The van der Waals surface area contributed by atoms with Crippen molar-refractivity contribution in [3.8, 4) is 11.5 Å². The Morgan fingerprint density at radius 2 is 1.62 bits per heavy atom. The fraction of sp³-hybridized carbons (Fsp3) is 0.200. The molecular weight excluding hydrogens is 365 g/mol. The van der Waals surface area contributed by atoms with E-state index in [0.29, 0.717) is 6.54 Å². The summed E-state index contributed by atoms with van der Waals surface area (Å²) in [5.74, 6) is 2.09. The molecule has 0 spiro atoms. The van der Waals surface area contributed by atoms with Crippen molar-refractivity contribution >= 4 is 5.76 Å². The predicted molar refractivity (Wildman–Crippen MR) is 114 cm³/mol. The summed E-state index contributed by atoms with van der Waals surface area (Å²) >= 11 is 0. The first-order valence-corrected chi connectivity index (χ1v) is 9.62. The molecule has 3 aromatic rings. The van der Waals surface area contributed by atoms with Gasteiger partial charge in [-0.1, -0.05) is 42.5 Å². The third-order valence-corrected chi connectivity index (χ3v) is 5.12. The summed E-state index contributed by atoms with van der Waals surface area (Å²) < 4.78 is 25.7. The van der Waals surface area contributed by atoms with Crippen molar-refractivity contribution in [1.82, 2.24) is 4.90 Å². The quantitative estimate of drug-likeness (QED) is 0.589. The first-order chi connectivity index (χ1) is 14.1. The van der Waals surface area contributed by atoms with E-state index in [1.54, 1.807) is 7.11 Å². The van der Waals surface area contributed by atoms with Crippen molar-refractivity contribution in [1.29, 1.82) is 0 Å². The Morgan fingerprint density at radius 1 is 0.931 bits per heavy atom. The molecule has 1 heterocycles. The normalized spacial score (nSPS) is 15.8. The molecule has 0 radical (unpaired) electrons. The smallest absolute Gasteiger partial charge is 0.139 e. The predicted octanol–water partition coefficient (Wildman–Crippen LogP) is 5.33. The molecule has 4 heteroatoms. The minimum atomic E-state index is -0.239. The van der Waals surface area contributed by atoms with Gasteiger partial charge in [0.05, 0.1) is 12.7 Å². The number of benzene rings is 3. The fourth-order valence-corrected chi connectivity index (χ4v) is 3.91. The number of nitrogens with zero attached hydrogens (tertiary/aromatic N) is 1. The van der Waals surface area contributed by atoms with Crippen LogP contribution < -0.4 is 9.47 Å². The second-order valence-corrected chi connectivity index (χ2v) is 7.42. The van der Waals surface area contributed by atoms with Gasteiger partial charge in [0.15, 0.2) is 0 Å². The van der Waals surface area contributed by atoms with Crippen molar-refractivity contribution < 1.29 is 13.9 Å². The summed E-state index contributed by atoms with van der Waals surface area (Å²) in [7, 11) is 5.74. The average Bonchev–Trinajstić information content (AvgIpc) is 2.73. The number of halogens is 1. The van der Waals surface area contributed by atoms with E-state index in [1.807, 2.05) is 68.7 Å². The lowest BCUT2D eigenvalue weighted by molar-refractivity contribution is 0.399. The van der Waals surface area contributed by atoms with Gasteiger partial charge in [-0.3, -0.25) is 0 Å². The SMILES string of the molecule is COc1ccccc1C1=C(CN(C)C)C(c2ccc(F)cc2)c2ccccc2O1. The van der Waals surface area contributed by atoms with Crippen LogP contribution in [0.3, 0.4) is 0 Å². The first kappa shape index (κ1) is 19.2. The Bertz CT molecular complexity index is 1040. The zero-order valence-corrected chi connectivity index (χ0v) is 16.9. The van der Waals surface area contributed by atoms with Crippen molar-refractivity contribution in [2.24, 2.45) is 0 Å². The van der Waals surface area contributed by atoms with Gasteiger partial charge in [0.25, 0.3) is 0 Å². The van der Waals surface area contributed by atoms with Gasteiger partial charge in [0.2, 0.25) is 0 Å². The van der Waals surface area contributed by atoms with Gasteiger partial charge in [0, 0.05) is 18.0 Å². The zero-order valence-electron chi connectivity index (χ0n) is 16.9. The van der Waals surface area contributed by atoms with Gasteiger partial charge < -0.3 is 14.4 Å². The third-order valence-electron chi connectivity index (χ3n) is 5.12. The maximum absolute atomic E-state index is 13.6. The highest BCUT2D eigenvalue weighted by Gasteiger charge is 2.32. The van der Waals surface area contributed by atoms with E-state index in [1.165, 1.54) is 12.1 Å². The molecule has 0 saturated carbocycles. The maximum Gasteiger partial charge on any atom is 0.139 e. The molecule has 148 valence electrons. The lowest BCUT2D eigenvalue weighted by Crippen LogP contribution is -2.25. The summed E-state index contributed by atoms with van der Waals surface area (Å²) in [6, 6.07) is 22.7. The number of ether oxygens (including phenoxy) is 2. The van der Waals surface area contributed by atoms with Crippen LogP contribution in [0, 0.1) is 5.82 Å². The van der Waals surface area contributed by atoms with Crippen LogP contribution in [-0.4, -0.2) is 32.6 Å². The van der Waals surface area contributed by atoms with Crippen LogP contribution in [0.2, 0.25) is 0 Å². The van der Waals surface area contributed by atoms with Crippen LogP contribution in [0.15, 0.2) is 78.4 Å². The van der Waals surface area contributed by atoms with Crippen LogP contribution in [0.4, 0.5) is 4.39 Å². The van der Waals surface area contributed by atoms with Crippen molar-refractivity contribution in [2.45, 2.75) is 5.92 Å². The Kier molecular flexibility index (Phi) is 5.36. The number of likely N-dealkylation sites (N-methyl/N-ethyl adjacent to an activating group) is 1. The van der Waals surface area contributed by atoms with Gasteiger partial charge in [-0.2, -0.15) is 0 Å². The molecule has 1 unspecified atom stereocenters. The van der Waals surface area contributed by atoms with Gasteiger partial charge in [-0.25, -0.2) is 4.39 Å². The third kappa shape index (κ3) is 3.76. The molecule has 0 fully saturated rings. The molecule has 29 heavy (non-hydrogen) atoms. The monoisotopic (exact) mass is 389 g/mol. The summed E-state index contributed by atoms with van der Waals surface area (Å²) in [4.78, 5) is 2.12. The molecule has 4 rings (SSSR count). The molecule has 0 aliphatic carbocycles. The number of fused-ring (bicyclic) bond motifs is 1. The highest BCUT2D eigenvalue weighted by molar-refractivity contribution is 5.75. The number of hydrogen-bond donors (Lipinski definition) is 0. The molecule has 3 aromatic carbocycles. The summed E-state index contributed by atoms with van der Waals surface area (Å²) in [5.41, 5.74) is 4.14. The minimum absolute atomic E-state index is 0.0390. The Labute approximate surface area is 171 Å². The van der Waals surface area contributed by atoms with E-state index in [-0.39, 0.29) is 11.7 Å². The van der Waals surface area contributed by atoms with E-state index in [2.05, 4.69) is 11.0 Å². The number of methoxy groups -OCH3 is 1. The van der Waals surface area contributed by atoms with E-state index < -0.39 is 0 Å². The number of hydrogen-bond acceptors (Lipinski definition) is 3. The molecule has 0 saturated heterocycles. The molecule has 0 aromatic heterocycles. The molecule has 0 amide bonds. The number of rotatable bonds is 5. The van der Waals surface area contributed by atoms with Crippen LogP contribution in [0.5, 0.6) is 11.5 Å². The standard InChI is InChI=1S/C25H24FNO2/c1-27(2)16-21-24(17-12-14-18(26)15-13-17)19-8-4-7-11-23(19)29-25(21)20-9-5-6-10-22(20)28-3/h4-15,24H,16H2,1-3H3. The molecule has 0 N–H and O–H groups in total. The van der Waals surface area contributed by atoms with Crippen molar-refractivity contribution in [2.75, 3.05) is 27.7 Å². The zero-order chi connectivity index (χ0) is 20.4. The molecule has 1 aliphatic heterocycles. The molecule has 1 aliphatic rings. The van der Waals surface area contributed by atoms with E-state index in [4.69, 9.17) is 9.47 Å². The second-order valence-electron chi connectivity index (χ2n) is 7.42. The topological polar surface area (TPSA) is 21.7 Å². The van der Waals surface area contributed by atoms with Crippen LogP contribution >= 0.6 is 0 Å². The summed E-state index contributed by atoms with van der Waals surface area (Å²) in [5, 5.41) is 0. The van der Waals surface area contributed by atoms with Gasteiger partial charge in [-0.15, -0.1) is 0 Å². The highest BCUT2D eigenvalue weighted by atomic mass is 19.1. The van der Waals surface area contributed by atoms with E-state index in [0.717, 1.165) is 39.5 Å². The number of para-hydroxylation sites is 2. The Hall–Kier alpha value is -3.11. The van der Waals surface area contributed by atoms with Crippen molar-refractivity contribution in [3.05, 3.63) is 101 Å². The van der Waals surface area contributed by atoms with Crippen LogP contribution in [-0.2, 0) is 0 Å². The maximum atomic E-state index is 13.6. The lowest BCUT2D eigenvalue weighted by Gasteiger charge is -2.33. The van der Waals surface area contributed by atoms with E-state index in [9.17, 15) is 4.39 Å². The average molecular weight is 389 g/mol. The van der Waals surface area contributed by atoms with Crippen LogP contribution in [0.25, 0.3) is 5.76 Å². The largest absolute Gasteiger partial charge is 0.496 e. The Morgan fingerprint density at radius 3 is 2.34 bits per heavy atom. The molecule has 3 nitrogen and oxygen atoms in total. The lowest BCUT2D eigenvalue weighted by atomic mass is 9.81. The Balaban J connectivity index is 1.98. The minimum Gasteiger partial charge on any atom is -0.496 e. The van der Waals surface area contributed by atoms with Crippen molar-refractivity contribution in [3.63, 3.8) is 0 Å². The van der Waals surface area contributed by atoms with Crippen LogP contribution in [0.1, 0.15) is 22.6 Å². The van der Waals surface area contributed by atoms with Gasteiger partial charge in [-0.05, 0) is 55.6 Å². The van der Waals surface area contributed by atoms with E-state index >= 15 is 0 Å².